The van der Waals surface area contributed by atoms with Crippen LogP contribution in [0.1, 0.15) is 13.8 Å². The molecule has 0 saturated heterocycles. The summed E-state index contributed by atoms with van der Waals surface area (Å²) in [5.74, 6) is 0. The molecule has 0 saturated carbocycles. The van der Waals surface area contributed by atoms with Crippen LogP contribution in [0.5, 0.6) is 0 Å². The molecule has 0 spiro atoms. The smallest absolute Gasteiger partial charge is 0.234 e. The predicted molar refractivity (Wildman–Crippen MR) is 62.3 cm³/mol. The highest BCUT2D eigenvalue weighted by Crippen LogP contribution is 1.97. The molecule has 1 atom stereocenters. The monoisotopic (exact) mass is 235 g/mol. The number of rotatable bonds is 3. The molecule has 0 aliphatic heterocycles. The van der Waals surface area contributed by atoms with Gasteiger partial charge in [-0.1, -0.05) is 6.08 Å². The van der Waals surface area contributed by atoms with Gasteiger partial charge >= 0.3 is 0 Å². The highest BCUT2D eigenvalue weighted by molar-refractivity contribution is 8.05. The molecule has 0 aliphatic carbocycles. The first-order chi connectivity index (χ1) is 6.44. The Kier molecular flexibility index (Phi) is 5.66. The molecule has 0 radical (unpaired) electrons. The molecule has 0 aromatic heterocycles. The second-order valence-corrected chi connectivity index (χ2v) is 4.73. The maximum atomic E-state index is 11.4. The first-order valence-electron chi connectivity index (χ1n) is 3.80. The lowest BCUT2D eigenvalue weighted by atomic mass is 10.7. The number of aliphatic imine (C=N–C) groups is 2. The van der Waals surface area contributed by atoms with Gasteiger partial charge < -0.3 is 0 Å². The summed E-state index contributed by atoms with van der Waals surface area (Å²) in [6.07, 6.45) is 2.91. The van der Waals surface area contributed by atoms with Crippen LogP contribution in [0.15, 0.2) is 22.3 Å². The van der Waals surface area contributed by atoms with Gasteiger partial charge in [0.05, 0.1) is 5.37 Å². The third-order valence-electron chi connectivity index (χ3n) is 1.04. The van der Waals surface area contributed by atoms with E-state index in [9.17, 15) is 8.42 Å². The Hall–Kier alpha value is -0.660. The second kappa shape index (κ2) is 5.94. The average Bonchev–Trinajstić information content (AvgIpc) is 2.02. The van der Waals surface area contributed by atoms with Crippen molar-refractivity contribution < 1.29 is 8.42 Å². The quantitative estimate of drug-likeness (QED) is 0.328. The molecule has 0 rings (SSSR count). The minimum absolute atomic E-state index is 0.364. The van der Waals surface area contributed by atoms with E-state index < -0.39 is 15.4 Å². The Morgan fingerprint density at radius 2 is 2.21 bits per heavy atom. The summed E-state index contributed by atoms with van der Waals surface area (Å²) in [5, 5.41) is -0.867. The fraction of sp³-hybridized carbons (Fsp3) is 0.429. The van der Waals surface area contributed by atoms with Gasteiger partial charge in [-0.2, -0.15) is 17.4 Å². The zero-order chi connectivity index (χ0) is 11.2. The normalized spacial score (nSPS) is 15.8. The Labute approximate surface area is 89.5 Å². The highest BCUT2D eigenvalue weighted by atomic mass is 32.2. The maximum absolute atomic E-state index is 11.4. The Morgan fingerprint density at radius 3 is 2.57 bits per heavy atom. The van der Waals surface area contributed by atoms with Crippen LogP contribution in [-0.4, -0.2) is 25.7 Å². The van der Waals surface area contributed by atoms with Gasteiger partial charge in [-0.25, -0.2) is 18.4 Å². The number of sulfonamides is 1. The molecule has 14 heavy (non-hydrogen) atoms. The lowest BCUT2D eigenvalue weighted by Gasteiger charge is -2.06. The summed E-state index contributed by atoms with van der Waals surface area (Å²) < 4.78 is 25.1. The Balaban J connectivity index is 4.94. The number of hydrogen-bond donors (Lipinski definition) is 2. The predicted octanol–water partition coefficient (Wildman–Crippen LogP) is 0.772. The molecular weight excluding hydrogens is 222 g/mol. The van der Waals surface area contributed by atoms with Gasteiger partial charge in [-0.05, 0) is 20.6 Å². The molecule has 0 aromatic rings. The Morgan fingerprint density at radius 1 is 1.64 bits per heavy atom. The zero-order valence-corrected chi connectivity index (χ0v) is 9.72. The third-order valence-corrected chi connectivity index (χ3v) is 2.72. The van der Waals surface area contributed by atoms with E-state index in [1.165, 1.54) is 6.20 Å². The Bertz CT molecular complexity index is 344. The van der Waals surface area contributed by atoms with E-state index in [2.05, 4.69) is 34.1 Å². The minimum Gasteiger partial charge on any atom is -0.234 e. The van der Waals surface area contributed by atoms with Crippen LogP contribution in [0.3, 0.4) is 0 Å². The molecular formula is C7H13N3O2S2. The van der Waals surface area contributed by atoms with E-state index in [4.69, 9.17) is 0 Å². The molecule has 0 fully saturated rings. The van der Waals surface area contributed by atoms with Gasteiger partial charge in [0.15, 0.2) is 0 Å². The molecule has 0 aliphatic rings. The van der Waals surface area contributed by atoms with Gasteiger partial charge in [0.2, 0.25) is 0 Å². The van der Waals surface area contributed by atoms with Gasteiger partial charge in [-0.3, -0.25) is 0 Å². The second-order valence-electron chi connectivity index (χ2n) is 2.35. The van der Waals surface area contributed by atoms with Crippen molar-refractivity contribution in [3.05, 3.63) is 12.3 Å². The van der Waals surface area contributed by atoms with Crippen molar-refractivity contribution in [2.45, 2.75) is 19.2 Å². The minimum atomic E-state index is -3.70. The summed E-state index contributed by atoms with van der Waals surface area (Å²) in [6.45, 7) is 6.42. The summed E-state index contributed by atoms with van der Waals surface area (Å²) in [6, 6.07) is 0. The molecule has 1 N–H and O–H groups in total. The van der Waals surface area contributed by atoms with Gasteiger partial charge in [0.25, 0.3) is 15.2 Å². The summed E-state index contributed by atoms with van der Waals surface area (Å²) >= 11 is 3.89. The SMILES string of the molecule is C=NC(=N/C=C\C)S(=O)(=O)N[C@H](C)S. The number of nitrogens with one attached hydrogen (secondary N) is 1. The fourth-order valence-electron chi connectivity index (χ4n) is 0.611. The number of amidine groups is 1. The average molecular weight is 235 g/mol. The maximum Gasteiger partial charge on any atom is 0.277 e. The van der Waals surface area contributed by atoms with Crippen molar-refractivity contribution in [2.75, 3.05) is 0 Å². The lowest BCUT2D eigenvalue weighted by Crippen LogP contribution is -2.33. The van der Waals surface area contributed by atoms with E-state index in [1.807, 2.05) is 0 Å². The van der Waals surface area contributed by atoms with E-state index in [1.54, 1.807) is 19.9 Å². The van der Waals surface area contributed by atoms with Crippen molar-refractivity contribution in [2.24, 2.45) is 9.98 Å². The van der Waals surface area contributed by atoms with Crippen LogP contribution in [0, 0.1) is 0 Å². The van der Waals surface area contributed by atoms with Gasteiger partial charge in [0.1, 0.15) is 0 Å². The number of thiol groups is 1. The molecule has 0 amide bonds. The molecule has 80 valence electrons. The van der Waals surface area contributed by atoms with E-state index in [0.717, 1.165) is 0 Å². The molecule has 5 nitrogen and oxygen atoms in total. The van der Waals surface area contributed by atoms with Crippen molar-refractivity contribution in [3.8, 4) is 0 Å². The van der Waals surface area contributed by atoms with Crippen molar-refractivity contribution in [1.82, 2.24) is 4.72 Å². The molecule has 0 unspecified atom stereocenters. The first-order valence-corrected chi connectivity index (χ1v) is 5.80. The van der Waals surface area contributed by atoms with Crippen molar-refractivity contribution >= 4 is 34.5 Å². The van der Waals surface area contributed by atoms with E-state index in [-0.39, 0.29) is 5.17 Å². The summed E-state index contributed by atoms with van der Waals surface area (Å²) in [5.41, 5.74) is 0. The van der Waals surface area contributed by atoms with Crippen LogP contribution in [0.2, 0.25) is 0 Å². The summed E-state index contributed by atoms with van der Waals surface area (Å²) in [4.78, 5) is 6.92. The fourth-order valence-corrected chi connectivity index (χ4v) is 1.95. The summed E-state index contributed by atoms with van der Waals surface area (Å²) in [7, 11) is -3.70. The van der Waals surface area contributed by atoms with Crippen LogP contribution in [0.25, 0.3) is 0 Å². The molecule has 0 aromatic carbocycles. The lowest BCUT2D eigenvalue weighted by molar-refractivity contribution is 0.593. The third kappa shape index (κ3) is 4.54. The molecule has 7 heteroatoms. The number of allylic oxidation sites excluding steroid dienone is 1. The van der Waals surface area contributed by atoms with Crippen LogP contribution in [0.4, 0.5) is 0 Å². The van der Waals surface area contributed by atoms with Crippen molar-refractivity contribution in [3.63, 3.8) is 0 Å². The van der Waals surface area contributed by atoms with Crippen molar-refractivity contribution in [1.29, 1.82) is 0 Å². The first kappa shape index (κ1) is 13.3. The number of hydrogen-bond acceptors (Lipinski definition) is 4. The number of nitrogens with zero attached hydrogens (tertiary/aromatic N) is 2. The molecule has 0 heterocycles. The molecule has 0 bridgehead atoms. The van der Waals surface area contributed by atoms with Crippen LogP contribution < -0.4 is 4.72 Å². The zero-order valence-electron chi connectivity index (χ0n) is 8.01. The van der Waals surface area contributed by atoms with E-state index >= 15 is 0 Å². The van der Waals surface area contributed by atoms with Crippen LogP contribution >= 0.6 is 12.6 Å². The largest absolute Gasteiger partial charge is 0.277 e. The van der Waals surface area contributed by atoms with E-state index in [0.29, 0.717) is 0 Å². The van der Waals surface area contributed by atoms with Gasteiger partial charge in [0, 0.05) is 6.20 Å². The van der Waals surface area contributed by atoms with Crippen LogP contribution in [-0.2, 0) is 10.0 Å². The van der Waals surface area contributed by atoms with Gasteiger partial charge in [-0.15, -0.1) is 0 Å². The highest BCUT2D eigenvalue weighted by Gasteiger charge is 2.18. The topological polar surface area (TPSA) is 70.9 Å². The standard InChI is InChI=1S/C7H13N3O2S2/c1-4-5-9-7(8-3)14(11,12)10-6(2)13/h4-6,10,13H,3H2,1-2H3/b5-4-,9-7?/t6-/m0/s1.